The van der Waals surface area contributed by atoms with Gasteiger partial charge in [-0.15, -0.1) is 0 Å². The molecule has 0 N–H and O–H groups in total. The number of nitrogens with zero attached hydrogens (tertiary/aromatic N) is 3. The van der Waals surface area contributed by atoms with Gasteiger partial charge in [-0.25, -0.2) is 4.39 Å². The van der Waals surface area contributed by atoms with Crippen LogP contribution in [0.2, 0.25) is 0 Å². The molecule has 0 aliphatic rings. The zero-order valence-electron chi connectivity index (χ0n) is 9.51. The first kappa shape index (κ1) is 12.0. The van der Waals surface area contributed by atoms with E-state index >= 15 is 0 Å². The van der Waals surface area contributed by atoms with E-state index in [9.17, 15) is 9.18 Å². The second-order valence-electron chi connectivity index (χ2n) is 3.73. The molecule has 0 aliphatic carbocycles. The molecule has 0 saturated heterocycles. The summed E-state index contributed by atoms with van der Waals surface area (Å²) in [5.41, 5.74) is 1.61. The van der Waals surface area contributed by atoms with Gasteiger partial charge in [0.25, 0.3) is 0 Å². The van der Waals surface area contributed by atoms with Crippen molar-refractivity contribution in [2.24, 2.45) is 0 Å². The van der Waals surface area contributed by atoms with E-state index in [4.69, 9.17) is 5.26 Å². The highest BCUT2D eigenvalue weighted by Gasteiger charge is 2.10. The second kappa shape index (κ2) is 5.23. The summed E-state index contributed by atoms with van der Waals surface area (Å²) in [6.45, 7) is 0.429. The summed E-state index contributed by atoms with van der Waals surface area (Å²) in [5, 5.41) is 12.7. The summed E-state index contributed by atoms with van der Waals surface area (Å²) in [6, 6.07) is 7.78. The number of halogens is 1. The number of hydrogen-bond donors (Lipinski definition) is 0. The van der Waals surface area contributed by atoms with Crippen LogP contribution in [0.4, 0.5) is 4.39 Å². The number of carbonyl (C=O) groups excluding carboxylic acids is 1. The highest BCUT2D eigenvalue weighted by Crippen LogP contribution is 2.21. The zero-order chi connectivity index (χ0) is 13.0. The molecule has 5 heteroatoms. The van der Waals surface area contributed by atoms with Gasteiger partial charge >= 0.3 is 0 Å². The fourth-order valence-electron chi connectivity index (χ4n) is 1.63. The Morgan fingerprint density at radius 3 is 2.72 bits per heavy atom. The van der Waals surface area contributed by atoms with Crippen molar-refractivity contribution < 1.29 is 9.18 Å². The van der Waals surface area contributed by atoms with E-state index in [1.165, 1.54) is 12.1 Å². The molecule has 0 unspecified atom stereocenters. The third-order valence-corrected chi connectivity index (χ3v) is 2.49. The average Bonchev–Trinajstić information content (AvgIpc) is 2.80. The zero-order valence-corrected chi connectivity index (χ0v) is 9.51. The summed E-state index contributed by atoms with van der Waals surface area (Å²) in [5.74, 6) is -0.338. The number of aromatic nitrogens is 2. The van der Waals surface area contributed by atoms with Crippen molar-refractivity contribution in [2.45, 2.75) is 13.0 Å². The summed E-state index contributed by atoms with van der Waals surface area (Å²) in [6.07, 6.45) is 2.61. The molecule has 4 nitrogen and oxygen atoms in total. The Labute approximate surface area is 103 Å². The fraction of sp³-hybridized carbons (Fsp3) is 0.154. The average molecular weight is 243 g/mol. The van der Waals surface area contributed by atoms with Crippen LogP contribution in [0.5, 0.6) is 0 Å². The Kier molecular flexibility index (Phi) is 3.49. The van der Waals surface area contributed by atoms with Crippen LogP contribution in [0.3, 0.4) is 0 Å². The minimum atomic E-state index is -0.338. The molecule has 18 heavy (non-hydrogen) atoms. The number of nitriles is 1. The molecule has 0 fully saturated rings. The maximum absolute atomic E-state index is 12.8. The van der Waals surface area contributed by atoms with E-state index in [0.29, 0.717) is 36.1 Å². The largest absolute Gasteiger partial charge is 0.298 e. The molecule has 2 rings (SSSR count). The smallest absolute Gasteiger partial charge is 0.153 e. The summed E-state index contributed by atoms with van der Waals surface area (Å²) in [7, 11) is 0. The molecule has 1 aromatic carbocycles. The molecule has 0 bridgehead atoms. The number of aldehydes is 1. The van der Waals surface area contributed by atoms with Gasteiger partial charge in [0.15, 0.2) is 6.29 Å². The number of carbonyl (C=O) groups is 1. The van der Waals surface area contributed by atoms with Crippen molar-refractivity contribution >= 4 is 6.29 Å². The first-order valence-corrected chi connectivity index (χ1v) is 5.40. The molecular formula is C13H10FN3O. The molecule has 0 atom stereocenters. The van der Waals surface area contributed by atoms with E-state index in [-0.39, 0.29) is 5.82 Å². The second-order valence-corrected chi connectivity index (χ2v) is 3.73. The van der Waals surface area contributed by atoms with Crippen LogP contribution in [-0.2, 0) is 6.54 Å². The Balaban J connectivity index is 2.37. The Hall–Kier alpha value is -2.48. The van der Waals surface area contributed by atoms with Crippen molar-refractivity contribution in [1.82, 2.24) is 9.78 Å². The number of rotatable bonds is 4. The normalized spacial score (nSPS) is 10.0. The van der Waals surface area contributed by atoms with E-state index < -0.39 is 0 Å². The van der Waals surface area contributed by atoms with Crippen LogP contribution in [0.1, 0.15) is 16.8 Å². The minimum Gasteiger partial charge on any atom is -0.298 e. The van der Waals surface area contributed by atoms with Crippen molar-refractivity contribution in [3.05, 3.63) is 41.8 Å². The van der Waals surface area contributed by atoms with Crippen LogP contribution >= 0.6 is 0 Å². The number of benzene rings is 1. The Bertz CT molecular complexity index is 596. The van der Waals surface area contributed by atoms with Gasteiger partial charge in [-0.2, -0.15) is 10.4 Å². The summed E-state index contributed by atoms with van der Waals surface area (Å²) in [4.78, 5) is 11.0. The topological polar surface area (TPSA) is 58.7 Å². The van der Waals surface area contributed by atoms with Gasteiger partial charge in [-0.3, -0.25) is 9.48 Å². The van der Waals surface area contributed by atoms with Crippen LogP contribution in [0.25, 0.3) is 11.3 Å². The lowest BCUT2D eigenvalue weighted by atomic mass is 10.1. The molecule has 1 heterocycles. The lowest BCUT2D eigenvalue weighted by Gasteiger charge is -1.98. The molecule has 0 radical (unpaired) electrons. The quantitative estimate of drug-likeness (QED) is 0.775. The molecule has 0 spiro atoms. The molecule has 0 saturated carbocycles. The van der Waals surface area contributed by atoms with Crippen LogP contribution in [0.15, 0.2) is 30.5 Å². The predicted molar refractivity (Wildman–Crippen MR) is 63.2 cm³/mol. The standard InChI is InChI=1S/C13H10FN3O/c14-12-4-2-10(3-5-12)13-11(9-18)8-17(16-13)7-1-6-15/h2-5,8-9H,1,7H2. The summed E-state index contributed by atoms with van der Waals surface area (Å²) < 4.78 is 14.4. The van der Waals surface area contributed by atoms with Gasteiger partial charge < -0.3 is 0 Å². The van der Waals surface area contributed by atoms with Gasteiger partial charge in [-0.1, -0.05) is 0 Å². The highest BCUT2D eigenvalue weighted by molar-refractivity contribution is 5.85. The van der Waals surface area contributed by atoms with E-state index in [1.54, 1.807) is 23.0 Å². The van der Waals surface area contributed by atoms with Gasteiger partial charge in [0, 0.05) is 11.8 Å². The Morgan fingerprint density at radius 1 is 1.39 bits per heavy atom. The first-order chi connectivity index (χ1) is 8.74. The third-order valence-electron chi connectivity index (χ3n) is 2.49. The van der Waals surface area contributed by atoms with E-state index in [2.05, 4.69) is 5.10 Å². The monoisotopic (exact) mass is 243 g/mol. The Morgan fingerprint density at radius 2 is 2.11 bits per heavy atom. The molecule has 0 amide bonds. The van der Waals surface area contributed by atoms with Crippen molar-refractivity contribution in [2.75, 3.05) is 0 Å². The van der Waals surface area contributed by atoms with Gasteiger partial charge in [0.1, 0.15) is 11.5 Å². The van der Waals surface area contributed by atoms with Crippen LogP contribution in [-0.4, -0.2) is 16.1 Å². The maximum atomic E-state index is 12.8. The maximum Gasteiger partial charge on any atom is 0.153 e. The first-order valence-electron chi connectivity index (χ1n) is 5.40. The van der Waals surface area contributed by atoms with E-state index in [0.717, 1.165) is 0 Å². The molecule has 0 aliphatic heterocycles. The predicted octanol–water partition coefficient (Wildman–Crippen LogP) is 2.42. The number of hydrogen-bond acceptors (Lipinski definition) is 3. The van der Waals surface area contributed by atoms with Gasteiger partial charge in [0.05, 0.1) is 24.6 Å². The fourth-order valence-corrected chi connectivity index (χ4v) is 1.63. The van der Waals surface area contributed by atoms with Crippen molar-refractivity contribution in [3.63, 3.8) is 0 Å². The molecule has 1 aromatic heterocycles. The van der Waals surface area contributed by atoms with Crippen molar-refractivity contribution in [3.8, 4) is 17.3 Å². The van der Waals surface area contributed by atoms with E-state index in [1.807, 2.05) is 6.07 Å². The number of aryl methyl sites for hydroxylation is 1. The summed E-state index contributed by atoms with van der Waals surface area (Å²) >= 11 is 0. The SMILES string of the molecule is N#CCCn1cc(C=O)c(-c2ccc(F)cc2)n1. The van der Waals surface area contributed by atoms with Crippen LogP contribution in [0, 0.1) is 17.1 Å². The van der Waals surface area contributed by atoms with Crippen LogP contribution < -0.4 is 0 Å². The molecular weight excluding hydrogens is 233 g/mol. The van der Waals surface area contributed by atoms with Gasteiger partial charge in [0.2, 0.25) is 0 Å². The van der Waals surface area contributed by atoms with Gasteiger partial charge in [-0.05, 0) is 24.3 Å². The molecule has 90 valence electrons. The molecule has 2 aromatic rings. The lowest BCUT2D eigenvalue weighted by molar-refractivity contribution is 0.112. The third kappa shape index (κ3) is 2.43. The highest BCUT2D eigenvalue weighted by atomic mass is 19.1. The minimum absolute atomic E-state index is 0.322. The van der Waals surface area contributed by atoms with Crippen molar-refractivity contribution in [1.29, 1.82) is 5.26 Å². The lowest BCUT2D eigenvalue weighted by Crippen LogP contribution is -1.97.